The second kappa shape index (κ2) is 7.36. The summed E-state index contributed by atoms with van der Waals surface area (Å²) in [5, 5.41) is 6.19. The van der Waals surface area contributed by atoms with Gasteiger partial charge in [-0.05, 0) is 64.0 Å². The van der Waals surface area contributed by atoms with Gasteiger partial charge in [0, 0.05) is 23.0 Å². The summed E-state index contributed by atoms with van der Waals surface area (Å²) < 4.78 is 7.56. The fraction of sp³-hybridized carbons (Fsp3) is 0.350. The van der Waals surface area contributed by atoms with Gasteiger partial charge >= 0.3 is 0 Å². The van der Waals surface area contributed by atoms with E-state index < -0.39 is 0 Å². The van der Waals surface area contributed by atoms with E-state index in [1.54, 1.807) is 6.33 Å². The van der Waals surface area contributed by atoms with E-state index in [0.29, 0.717) is 17.3 Å². The molecule has 1 amide bonds. The van der Waals surface area contributed by atoms with Crippen LogP contribution in [0.25, 0.3) is 5.69 Å². The zero-order chi connectivity index (χ0) is 18.8. The SMILES string of the molecule is Cc1ncn(-c2ccc(NC(=O)c3coc(C4CCNCC4)n3)cc2)c1C. The molecule has 0 bridgehead atoms. The van der Waals surface area contributed by atoms with Crippen LogP contribution in [0.5, 0.6) is 0 Å². The third-order valence-electron chi connectivity index (χ3n) is 5.10. The maximum absolute atomic E-state index is 12.5. The van der Waals surface area contributed by atoms with Gasteiger partial charge in [0.25, 0.3) is 5.91 Å². The van der Waals surface area contributed by atoms with Crippen LogP contribution in [0.4, 0.5) is 5.69 Å². The van der Waals surface area contributed by atoms with Gasteiger partial charge in [0.15, 0.2) is 11.6 Å². The van der Waals surface area contributed by atoms with Crippen LogP contribution in [0.15, 0.2) is 41.3 Å². The molecule has 7 heteroatoms. The molecular formula is C20H23N5O2. The van der Waals surface area contributed by atoms with Crippen LogP contribution in [0, 0.1) is 13.8 Å². The quantitative estimate of drug-likeness (QED) is 0.742. The first-order valence-corrected chi connectivity index (χ1v) is 9.20. The van der Waals surface area contributed by atoms with Crippen molar-refractivity contribution >= 4 is 11.6 Å². The minimum absolute atomic E-state index is 0.263. The predicted molar refractivity (Wildman–Crippen MR) is 102 cm³/mol. The number of rotatable bonds is 4. The molecule has 0 unspecified atom stereocenters. The van der Waals surface area contributed by atoms with E-state index in [1.165, 1.54) is 6.26 Å². The lowest BCUT2D eigenvalue weighted by atomic mass is 9.98. The Bertz CT molecular complexity index is 936. The number of anilines is 1. The highest BCUT2D eigenvalue weighted by Crippen LogP contribution is 2.24. The van der Waals surface area contributed by atoms with Gasteiger partial charge in [-0.3, -0.25) is 4.79 Å². The van der Waals surface area contributed by atoms with Gasteiger partial charge in [0.1, 0.15) is 6.26 Å². The Kier molecular flexibility index (Phi) is 4.77. The molecule has 3 aromatic rings. The molecule has 4 rings (SSSR count). The van der Waals surface area contributed by atoms with E-state index in [9.17, 15) is 4.79 Å². The van der Waals surface area contributed by atoms with Crippen molar-refractivity contribution in [1.82, 2.24) is 19.9 Å². The monoisotopic (exact) mass is 365 g/mol. The Morgan fingerprint density at radius 2 is 1.96 bits per heavy atom. The normalized spacial score (nSPS) is 15.0. The zero-order valence-electron chi connectivity index (χ0n) is 15.5. The summed E-state index contributed by atoms with van der Waals surface area (Å²) >= 11 is 0. The van der Waals surface area contributed by atoms with Crippen molar-refractivity contribution in [2.24, 2.45) is 0 Å². The molecule has 1 aliphatic heterocycles. The van der Waals surface area contributed by atoms with E-state index in [0.717, 1.165) is 43.0 Å². The zero-order valence-corrected chi connectivity index (χ0v) is 15.5. The number of piperidine rings is 1. The van der Waals surface area contributed by atoms with Crippen LogP contribution >= 0.6 is 0 Å². The largest absolute Gasteiger partial charge is 0.448 e. The molecule has 7 nitrogen and oxygen atoms in total. The number of carbonyl (C=O) groups is 1. The lowest BCUT2D eigenvalue weighted by Crippen LogP contribution is -2.26. The summed E-state index contributed by atoms with van der Waals surface area (Å²) in [5.74, 6) is 0.679. The second-order valence-corrected chi connectivity index (χ2v) is 6.88. The van der Waals surface area contributed by atoms with Crippen molar-refractivity contribution in [3.63, 3.8) is 0 Å². The molecule has 3 heterocycles. The van der Waals surface area contributed by atoms with Gasteiger partial charge in [-0.15, -0.1) is 0 Å². The predicted octanol–water partition coefficient (Wildman–Crippen LogP) is 3.20. The van der Waals surface area contributed by atoms with E-state index >= 15 is 0 Å². The molecule has 1 aliphatic rings. The molecule has 0 spiro atoms. The van der Waals surface area contributed by atoms with Crippen molar-refractivity contribution in [3.05, 3.63) is 59.8 Å². The van der Waals surface area contributed by atoms with Gasteiger partial charge in [-0.1, -0.05) is 0 Å². The van der Waals surface area contributed by atoms with Crippen molar-refractivity contribution in [3.8, 4) is 5.69 Å². The first kappa shape index (κ1) is 17.5. The van der Waals surface area contributed by atoms with Crippen molar-refractivity contribution in [2.45, 2.75) is 32.6 Å². The van der Waals surface area contributed by atoms with Crippen LogP contribution < -0.4 is 10.6 Å². The molecule has 0 atom stereocenters. The Hall–Kier alpha value is -2.93. The van der Waals surface area contributed by atoms with Gasteiger partial charge in [0.2, 0.25) is 0 Å². The maximum atomic E-state index is 12.5. The van der Waals surface area contributed by atoms with Gasteiger partial charge in [0.05, 0.1) is 12.0 Å². The highest BCUT2D eigenvalue weighted by atomic mass is 16.3. The fourth-order valence-corrected chi connectivity index (χ4v) is 3.31. The number of imidazole rings is 1. The van der Waals surface area contributed by atoms with E-state index in [2.05, 4.69) is 20.6 Å². The molecule has 0 aliphatic carbocycles. The molecule has 140 valence electrons. The van der Waals surface area contributed by atoms with E-state index in [-0.39, 0.29) is 11.8 Å². The number of amides is 1. The van der Waals surface area contributed by atoms with Crippen LogP contribution in [0.1, 0.15) is 46.5 Å². The van der Waals surface area contributed by atoms with Gasteiger partial charge < -0.3 is 19.6 Å². The average Bonchev–Trinajstić information content (AvgIpc) is 3.31. The third-order valence-corrected chi connectivity index (χ3v) is 5.10. The molecular weight excluding hydrogens is 342 g/mol. The highest BCUT2D eigenvalue weighted by molar-refractivity contribution is 6.02. The molecule has 1 fully saturated rings. The number of hydrogen-bond acceptors (Lipinski definition) is 5. The molecule has 27 heavy (non-hydrogen) atoms. The number of carbonyl (C=O) groups excluding carboxylic acids is 1. The lowest BCUT2D eigenvalue weighted by molar-refractivity contribution is 0.102. The smallest absolute Gasteiger partial charge is 0.277 e. The topological polar surface area (TPSA) is 85.0 Å². The molecule has 0 saturated carbocycles. The summed E-state index contributed by atoms with van der Waals surface area (Å²) in [6.07, 6.45) is 5.21. The van der Waals surface area contributed by atoms with Crippen LogP contribution in [0.2, 0.25) is 0 Å². The van der Waals surface area contributed by atoms with Gasteiger partial charge in [-0.25, -0.2) is 9.97 Å². The highest BCUT2D eigenvalue weighted by Gasteiger charge is 2.22. The van der Waals surface area contributed by atoms with Crippen LogP contribution in [0.3, 0.4) is 0 Å². The first-order valence-electron chi connectivity index (χ1n) is 9.20. The summed E-state index contributed by atoms with van der Waals surface area (Å²) in [4.78, 5) is 21.2. The number of oxazole rings is 1. The average molecular weight is 365 g/mol. The van der Waals surface area contributed by atoms with Crippen molar-refractivity contribution < 1.29 is 9.21 Å². The van der Waals surface area contributed by atoms with Crippen molar-refractivity contribution in [2.75, 3.05) is 18.4 Å². The number of nitrogens with one attached hydrogen (secondary N) is 2. The Morgan fingerprint density at radius 3 is 2.63 bits per heavy atom. The maximum Gasteiger partial charge on any atom is 0.277 e. The molecule has 2 aromatic heterocycles. The molecule has 1 saturated heterocycles. The number of aryl methyl sites for hydroxylation is 1. The van der Waals surface area contributed by atoms with Crippen LogP contribution in [-0.2, 0) is 0 Å². The number of benzene rings is 1. The van der Waals surface area contributed by atoms with Crippen molar-refractivity contribution in [1.29, 1.82) is 0 Å². The summed E-state index contributed by atoms with van der Waals surface area (Å²) in [6, 6.07) is 7.64. The van der Waals surface area contributed by atoms with E-state index in [1.807, 2.05) is 42.7 Å². The second-order valence-electron chi connectivity index (χ2n) is 6.88. The summed E-state index contributed by atoms with van der Waals surface area (Å²) in [5.41, 5.74) is 4.13. The Balaban J connectivity index is 1.44. The fourth-order valence-electron chi connectivity index (χ4n) is 3.31. The number of nitrogens with zero attached hydrogens (tertiary/aromatic N) is 3. The lowest BCUT2D eigenvalue weighted by Gasteiger charge is -2.19. The number of hydrogen-bond donors (Lipinski definition) is 2. The standard InChI is InChI=1S/C20H23N5O2/c1-13-14(2)25(12-22-13)17-5-3-16(4-6-17)23-19(26)18-11-27-20(24-18)15-7-9-21-10-8-15/h3-6,11-12,15,21H,7-10H2,1-2H3,(H,23,26). The minimum Gasteiger partial charge on any atom is -0.448 e. The third kappa shape index (κ3) is 3.64. The molecule has 2 N–H and O–H groups in total. The minimum atomic E-state index is -0.263. The summed E-state index contributed by atoms with van der Waals surface area (Å²) in [7, 11) is 0. The van der Waals surface area contributed by atoms with E-state index in [4.69, 9.17) is 4.42 Å². The Labute approximate surface area is 157 Å². The molecule has 1 aromatic carbocycles. The Morgan fingerprint density at radius 1 is 1.22 bits per heavy atom. The van der Waals surface area contributed by atoms with Crippen LogP contribution in [-0.4, -0.2) is 33.5 Å². The number of aromatic nitrogens is 3. The summed E-state index contributed by atoms with van der Waals surface area (Å²) in [6.45, 7) is 5.92. The first-order chi connectivity index (χ1) is 13.1. The van der Waals surface area contributed by atoms with Gasteiger partial charge in [-0.2, -0.15) is 0 Å². The molecule has 0 radical (unpaired) electrons.